The summed E-state index contributed by atoms with van der Waals surface area (Å²) in [7, 11) is 1.71. The van der Waals surface area contributed by atoms with E-state index in [0.717, 1.165) is 11.3 Å². The molecule has 0 atom stereocenters. The number of nitrogens with zero attached hydrogens (tertiary/aromatic N) is 2. The molecule has 0 bridgehead atoms. The molecule has 0 aliphatic rings. The van der Waals surface area contributed by atoms with Crippen molar-refractivity contribution in [2.75, 3.05) is 5.32 Å². The summed E-state index contributed by atoms with van der Waals surface area (Å²) in [6.07, 6.45) is 2.84. The van der Waals surface area contributed by atoms with Crippen molar-refractivity contribution >= 4 is 46.6 Å². The summed E-state index contributed by atoms with van der Waals surface area (Å²) in [6, 6.07) is 1.54. The van der Waals surface area contributed by atoms with Crippen molar-refractivity contribution in [3.05, 3.63) is 38.8 Å². The molecule has 2 aromatic rings. The zero-order valence-corrected chi connectivity index (χ0v) is 12.8. The minimum Gasteiger partial charge on any atom is -0.477 e. The molecule has 2 heterocycles. The number of halogens is 1. The Balaban J connectivity index is 2.13. The predicted octanol–water partition coefficient (Wildman–Crippen LogP) is 2.79. The first-order valence-electron chi connectivity index (χ1n) is 5.89. The van der Waals surface area contributed by atoms with E-state index in [2.05, 4.69) is 10.4 Å². The van der Waals surface area contributed by atoms with E-state index in [1.807, 2.05) is 0 Å². The van der Waals surface area contributed by atoms with Gasteiger partial charge in [0.1, 0.15) is 10.0 Å². The second-order valence-corrected chi connectivity index (χ2v) is 5.48. The van der Waals surface area contributed by atoms with Gasteiger partial charge >= 0.3 is 5.97 Å². The summed E-state index contributed by atoms with van der Waals surface area (Å²) in [5.74, 6) is -1.51. The number of carbonyl (C=O) groups excluding carboxylic acids is 1. The number of carboxylic acid groups (broad SMARTS) is 1. The maximum absolute atomic E-state index is 11.8. The van der Waals surface area contributed by atoms with Crippen LogP contribution >= 0.6 is 22.9 Å². The van der Waals surface area contributed by atoms with Gasteiger partial charge < -0.3 is 10.4 Å². The van der Waals surface area contributed by atoms with Crippen LogP contribution in [0.3, 0.4) is 0 Å². The first kappa shape index (κ1) is 15.3. The lowest BCUT2D eigenvalue weighted by molar-refractivity contribution is -0.111. The summed E-state index contributed by atoms with van der Waals surface area (Å²) >= 11 is 7.10. The van der Waals surface area contributed by atoms with Crippen molar-refractivity contribution in [1.82, 2.24) is 9.78 Å². The molecule has 21 heavy (non-hydrogen) atoms. The molecule has 1 amide bonds. The zero-order chi connectivity index (χ0) is 15.6. The molecule has 0 fully saturated rings. The predicted molar refractivity (Wildman–Crippen MR) is 81.9 cm³/mol. The zero-order valence-electron chi connectivity index (χ0n) is 11.3. The lowest BCUT2D eigenvalue weighted by Crippen LogP contribution is -2.10. The molecule has 8 heteroatoms. The molecule has 0 aliphatic heterocycles. The summed E-state index contributed by atoms with van der Waals surface area (Å²) in [4.78, 5) is 22.9. The number of thiophene rings is 1. The van der Waals surface area contributed by atoms with E-state index in [1.54, 1.807) is 31.5 Å². The van der Waals surface area contributed by atoms with E-state index >= 15 is 0 Å². The first-order chi connectivity index (χ1) is 9.90. The number of carbonyl (C=O) groups is 2. The van der Waals surface area contributed by atoms with Gasteiger partial charge in [-0.15, -0.1) is 11.3 Å². The van der Waals surface area contributed by atoms with Crippen LogP contribution in [0.5, 0.6) is 0 Å². The molecule has 2 rings (SSSR count). The highest BCUT2D eigenvalue weighted by molar-refractivity contribution is 7.12. The van der Waals surface area contributed by atoms with E-state index in [0.29, 0.717) is 16.4 Å². The van der Waals surface area contributed by atoms with E-state index in [4.69, 9.17) is 16.7 Å². The van der Waals surface area contributed by atoms with Gasteiger partial charge in [-0.3, -0.25) is 9.48 Å². The van der Waals surface area contributed by atoms with E-state index in [1.165, 1.54) is 10.8 Å². The molecule has 110 valence electrons. The maximum Gasteiger partial charge on any atom is 0.348 e. The lowest BCUT2D eigenvalue weighted by atomic mass is 10.2. The van der Waals surface area contributed by atoms with Crippen LogP contribution < -0.4 is 5.32 Å². The highest BCUT2D eigenvalue weighted by atomic mass is 35.5. The number of amides is 1. The number of hydrogen-bond acceptors (Lipinski definition) is 4. The summed E-state index contributed by atoms with van der Waals surface area (Å²) in [6.45, 7) is 1.78. The lowest BCUT2D eigenvalue weighted by Gasteiger charge is -2.00. The minimum absolute atomic E-state index is 0.0901. The van der Waals surface area contributed by atoms with Crippen LogP contribution in [0.1, 0.15) is 20.9 Å². The smallest absolute Gasteiger partial charge is 0.348 e. The Bertz CT molecular complexity index is 733. The van der Waals surface area contributed by atoms with Crippen molar-refractivity contribution < 1.29 is 14.7 Å². The molecule has 0 spiro atoms. The molecule has 0 saturated carbocycles. The Kier molecular flexibility index (Phi) is 4.44. The standard InChI is InChI=1S/C13H12ClN3O3S/c1-7-8(12(14)17(2)16-7)3-4-10(18)15-9-5-6-21-11(9)13(19)20/h3-6H,1-2H3,(H,15,18)(H,19,20)/b4-3+. The van der Waals surface area contributed by atoms with E-state index in [-0.39, 0.29) is 10.6 Å². The maximum atomic E-state index is 11.8. The number of hydrogen-bond donors (Lipinski definition) is 2. The van der Waals surface area contributed by atoms with Crippen molar-refractivity contribution in [3.63, 3.8) is 0 Å². The van der Waals surface area contributed by atoms with Gasteiger partial charge in [-0.2, -0.15) is 5.10 Å². The third kappa shape index (κ3) is 3.32. The minimum atomic E-state index is -1.07. The number of carboxylic acids is 1. The monoisotopic (exact) mass is 325 g/mol. The molecule has 0 aliphatic carbocycles. The molecule has 0 radical (unpaired) electrons. The highest BCUT2D eigenvalue weighted by Gasteiger charge is 2.13. The molecule has 2 aromatic heterocycles. The quantitative estimate of drug-likeness (QED) is 0.847. The number of nitrogens with one attached hydrogen (secondary N) is 1. The molecule has 0 aromatic carbocycles. The Labute approximate surface area is 129 Å². The van der Waals surface area contributed by atoms with Gasteiger partial charge in [0.2, 0.25) is 5.91 Å². The van der Waals surface area contributed by atoms with Crippen molar-refractivity contribution in [3.8, 4) is 0 Å². The van der Waals surface area contributed by atoms with Crippen LogP contribution in [0.25, 0.3) is 6.08 Å². The Morgan fingerprint density at radius 3 is 2.81 bits per heavy atom. The SMILES string of the molecule is Cc1nn(C)c(Cl)c1/C=C/C(=O)Nc1ccsc1C(=O)O. The number of rotatable bonds is 4. The molecular weight excluding hydrogens is 314 g/mol. The Morgan fingerprint density at radius 1 is 1.52 bits per heavy atom. The first-order valence-corrected chi connectivity index (χ1v) is 7.15. The van der Waals surface area contributed by atoms with Crippen molar-refractivity contribution in [2.45, 2.75) is 6.92 Å². The van der Waals surface area contributed by atoms with Crippen LogP contribution in [-0.4, -0.2) is 26.8 Å². The third-order valence-electron chi connectivity index (χ3n) is 2.71. The second kappa shape index (κ2) is 6.11. The average Bonchev–Trinajstić information content (AvgIpc) is 2.94. The van der Waals surface area contributed by atoms with Crippen LogP contribution in [0, 0.1) is 6.92 Å². The summed E-state index contributed by atoms with van der Waals surface area (Å²) < 4.78 is 1.51. The van der Waals surface area contributed by atoms with E-state index in [9.17, 15) is 9.59 Å². The van der Waals surface area contributed by atoms with Gasteiger partial charge in [0.15, 0.2) is 0 Å². The Morgan fingerprint density at radius 2 is 2.24 bits per heavy atom. The summed E-state index contributed by atoms with van der Waals surface area (Å²) in [5.41, 5.74) is 1.63. The van der Waals surface area contributed by atoms with Crippen molar-refractivity contribution in [1.29, 1.82) is 0 Å². The van der Waals surface area contributed by atoms with Gasteiger partial charge in [-0.25, -0.2) is 4.79 Å². The van der Waals surface area contributed by atoms with Crippen LogP contribution in [0.15, 0.2) is 17.5 Å². The largest absolute Gasteiger partial charge is 0.477 e. The molecule has 2 N–H and O–H groups in total. The van der Waals surface area contributed by atoms with Gasteiger partial charge in [-0.1, -0.05) is 11.6 Å². The number of aryl methyl sites for hydroxylation is 2. The van der Waals surface area contributed by atoms with Gasteiger partial charge in [0.05, 0.1) is 11.4 Å². The number of anilines is 1. The molecular formula is C13H12ClN3O3S. The second-order valence-electron chi connectivity index (χ2n) is 4.20. The fraction of sp³-hybridized carbons (Fsp3) is 0.154. The fourth-order valence-corrected chi connectivity index (χ4v) is 2.67. The van der Waals surface area contributed by atoms with Crippen LogP contribution in [0.2, 0.25) is 5.15 Å². The highest BCUT2D eigenvalue weighted by Crippen LogP contribution is 2.23. The number of aromatic carboxylic acids is 1. The third-order valence-corrected chi connectivity index (χ3v) is 4.07. The normalized spacial score (nSPS) is 11.0. The van der Waals surface area contributed by atoms with E-state index < -0.39 is 11.9 Å². The van der Waals surface area contributed by atoms with Gasteiger partial charge in [-0.05, 0) is 24.4 Å². The molecule has 0 saturated heterocycles. The van der Waals surface area contributed by atoms with Crippen molar-refractivity contribution in [2.24, 2.45) is 7.05 Å². The van der Waals surface area contributed by atoms with Crippen LogP contribution in [-0.2, 0) is 11.8 Å². The van der Waals surface area contributed by atoms with Gasteiger partial charge in [0.25, 0.3) is 0 Å². The summed E-state index contributed by atoms with van der Waals surface area (Å²) in [5, 5.41) is 17.6. The number of aromatic nitrogens is 2. The van der Waals surface area contributed by atoms with Crippen LogP contribution in [0.4, 0.5) is 5.69 Å². The average molecular weight is 326 g/mol. The topological polar surface area (TPSA) is 84.2 Å². The fourth-order valence-electron chi connectivity index (χ4n) is 1.74. The Hall–Kier alpha value is -2.12. The van der Waals surface area contributed by atoms with Gasteiger partial charge in [0, 0.05) is 18.7 Å². The molecule has 0 unspecified atom stereocenters. The molecule has 6 nitrogen and oxygen atoms in total.